The van der Waals surface area contributed by atoms with E-state index in [1.807, 2.05) is 18.5 Å². The minimum absolute atomic E-state index is 0.764. The Morgan fingerprint density at radius 2 is 2.00 bits per heavy atom. The van der Waals surface area contributed by atoms with Gasteiger partial charge in [-0.05, 0) is 56.2 Å². The Balaban J connectivity index is 1.82. The predicted octanol–water partition coefficient (Wildman–Crippen LogP) is 3.73. The van der Waals surface area contributed by atoms with Crippen molar-refractivity contribution in [3.8, 4) is 0 Å². The molecule has 0 atom stereocenters. The van der Waals surface area contributed by atoms with Crippen LogP contribution in [0.25, 0.3) is 0 Å². The van der Waals surface area contributed by atoms with Gasteiger partial charge in [0.2, 0.25) is 0 Å². The summed E-state index contributed by atoms with van der Waals surface area (Å²) in [6.45, 7) is 5.76. The number of pyridine rings is 1. The maximum atomic E-state index is 4.19. The van der Waals surface area contributed by atoms with Gasteiger partial charge in [-0.15, -0.1) is 0 Å². The van der Waals surface area contributed by atoms with Gasteiger partial charge in [-0.1, -0.05) is 19.9 Å². The molecule has 0 radical (unpaired) electrons. The van der Waals surface area contributed by atoms with Gasteiger partial charge in [0, 0.05) is 25.0 Å². The molecule has 0 amide bonds. The highest BCUT2D eigenvalue weighted by Crippen LogP contribution is 2.32. The standard InChI is InChI=1S/C16H26N2/c1-13(2)15-6-8-16(9-7-15)18(3)12-14-5-4-10-17-11-14/h4-5,10-11,13,15-16H,6-9,12H2,1-3H3. The third-order valence-corrected chi connectivity index (χ3v) is 4.46. The van der Waals surface area contributed by atoms with Crippen molar-refractivity contribution in [3.05, 3.63) is 30.1 Å². The van der Waals surface area contributed by atoms with E-state index in [9.17, 15) is 0 Å². The van der Waals surface area contributed by atoms with Gasteiger partial charge >= 0.3 is 0 Å². The molecule has 1 heterocycles. The molecule has 0 spiro atoms. The van der Waals surface area contributed by atoms with Crippen molar-refractivity contribution >= 4 is 0 Å². The molecule has 0 N–H and O–H groups in total. The van der Waals surface area contributed by atoms with Crippen molar-refractivity contribution in [1.82, 2.24) is 9.88 Å². The molecule has 1 aromatic rings. The Labute approximate surface area is 111 Å². The Kier molecular flexibility index (Phi) is 4.76. The SMILES string of the molecule is CC(C)C1CCC(N(C)Cc2cccnc2)CC1. The molecule has 2 heteroatoms. The van der Waals surface area contributed by atoms with Crippen molar-refractivity contribution in [1.29, 1.82) is 0 Å². The minimum atomic E-state index is 0.764. The average Bonchev–Trinajstić information content (AvgIpc) is 2.40. The van der Waals surface area contributed by atoms with Crippen molar-refractivity contribution < 1.29 is 0 Å². The molecular weight excluding hydrogens is 220 g/mol. The van der Waals surface area contributed by atoms with E-state index in [1.165, 1.54) is 31.2 Å². The first kappa shape index (κ1) is 13.5. The molecular formula is C16H26N2. The molecule has 1 aliphatic rings. The van der Waals surface area contributed by atoms with E-state index in [4.69, 9.17) is 0 Å². The molecule has 2 nitrogen and oxygen atoms in total. The van der Waals surface area contributed by atoms with Crippen LogP contribution in [-0.2, 0) is 6.54 Å². The number of hydrogen-bond acceptors (Lipinski definition) is 2. The molecule has 0 aromatic carbocycles. The summed E-state index contributed by atoms with van der Waals surface area (Å²) in [4.78, 5) is 6.70. The average molecular weight is 246 g/mol. The van der Waals surface area contributed by atoms with Crippen LogP contribution >= 0.6 is 0 Å². The third kappa shape index (κ3) is 3.55. The van der Waals surface area contributed by atoms with E-state index in [-0.39, 0.29) is 0 Å². The van der Waals surface area contributed by atoms with E-state index >= 15 is 0 Å². The summed E-state index contributed by atoms with van der Waals surface area (Å²) < 4.78 is 0. The van der Waals surface area contributed by atoms with Crippen LogP contribution < -0.4 is 0 Å². The Bertz CT molecular complexity index is 339. The molecule has 1 fully saturated rings. The van der Waals surface area contributed by atoms with E-state index < -0.39 is 0 Å². The zero-order valence-electron chi connectivity index (χ0n) is 12.0. The predicted molar refractivity (Wildman–Crippen MR) is 76.3 cm³/mol. The molecule has 0 unspecified atom stereocenters. The summed E-state index contributed by atoms with van der Waals surface area (Å²) in [6, 6.07) is 4.96. The van der Waals surface area contributed by atoms with Crippen molar-refractivity contribution in [2.75, 3.05) is 7.05 Å². The Morgan fingerprint density at radius 3 is 2.56 bits per heavy atom. The molecule has 1 saturated carbocycles. The fourth-order valence-corrected chi connectivity index (χ4v) is 3.12. The second kappa shape index (κ2) is 6.33. The van der Waals surface area contributed by atoms with Crippen LogP contribution in [0.2, 0.25) is 0 Å². The molecule has 0 saturated heterocycles. The van der Waals surface area contributed by atoms with Crippen LogP contribution in [0.4, 0.5) is 0 Å². The van der Waals surface area contributed by atoms with Gasteiger partial charge in [-0.25, -0.2) is 0 Å². The largest absolute Gasteiger partial charge is 0.299 e. The van der Waals surface area contributed by atoms with Crippen molar-refractivity contribution in [2.24, 2.45) is 11.8 Å². The molecule has 18 heavy (non-hydrogen) atoms. The van der Waals surface area contributed by atoms with Crippen LogP contribution in [0, 0.1) is 11.8 Å². The van der Waals surface area contributed by atoms with E-state index in [0.717, 1.165) is 24.4 Å². The van der Waals surface area contributed by atoms with Gasteiger partial charge < -0.3 is 0 Å². The number of rotatable bonds is 4. The van der Waals surface area contributed by atoms with Crippen LogP contribution in [-0.4, -0.2) is 23.0 Å². The van der Waals surface area contributed by atoms with E-state index in [2.05, 4.69) is 36.8 Å². The topological polar surface area (TPSA) is 16.1 Å². The second-order valence-electron chi connectivity index (χ2n) is 6.09. The third-order valence-electron chi connectivity index (χ3n) is 4.46. The lowest BCUT2D eigenvalue weighted by Crippen LogP contribution is -2.35. The summed E-state index contributed by atoms with van der Waals surface area (Å²) in [5.74, 6) is 1.81. The molecule has 1 aliphatic carbocycles. The molecule has 2 rings (SSSR count). The Hall–Kier alpha value is -0.890. The summed E-state index contributed by atoms with van der Waals surface area (Å²) in [5.41, 5.74) is 1.32. The van der Waals surface area contributed by atoms with E-state index in [1.54, 1.807) is 0 Å². The van der Waals surface area contributed by atoms with Crippen LogP contribution in [0.3, 0.4) is 0 Å². The maximum absolute atomic E-state index is 4.19. The first-order valence-corrected chi connectivity index (χ1v) is 7.26. The summed E-state index contributed by atoms with van der Waals surface area (Å²) in [7, 11) is 2.26. The molecule has 100 valence electrons. The fraction of sp³-hybridized carbons (Fsp3) is 0.688. The second-order valence-corrected chi connectivity index (χ2v) is 6.09. The van der Waals surface area contributed by atoms with Crippen LogP contribution in [0.1, 0.15) is 45.1 Å². The summed E-state index contributed by atoms with van der Waals surface area (Å²) >= 11 is 0. The number of hydrogen-bond donors (Lipinski definition) is 0. The Morgan fingerprint density at radius 1 is 1.28 bits per heavy atom. The van der Waals surface area contributed by atoms with Gasteiger partial charge in [0.05, 0.1) is 0 Å². The smallest absolute Gasteiger partial charge is 0.0312 e. The van der Waals surface area contributed by atoms with Gasteiger partial charge in [0.25, 0.3) is 0 Å². The zero-order valence-corrected chi connectivity index (χ0v) is 12.0. The quantitative estimate of drug-likeness (QED) is 0.804. The van der Waals surface area contributed by atoms with Gasteiger partial charge in [-0.3, -0.25) is 9.88 Å². The lowest BCUT2D eigenvalue weighted by atomic mass is 9.79. The van der Waals surface area contributed by atoms with Gasteiger partial charge in [-0.2, -0.15) is 0 Å². The normalized spacial score (nSPS) is 24.7. The molecule has 1 aromatic heterocycles. The van der Waals surface area contributed by atoms with Gasteiger partial charge in [0.15, 0.2) is 0 Å². The zero-order chi connectivity index (χ0) is 13.0. The highest BCUT2D eigenvalue weighted by Gasteiger charge is 2.25. The summed E-state index contributed by atoms with van der Waals surface area (Å²) in [6.07, 6.45) is 9.35. The van der Waals surface area contributed by atoms with Crippen molar-refractivity contribution in [2.45, 2.75) is 52.1 Å². The summed E-state index contributed by atoms with van der Waals surface area (Å²) in [5, 5.41) is 0. The number of aromatic nitrogens is 1. The number of nitrogens with zero attached hydrogens (tertiary/aromatic N) is 2. The lowest BCUT2D eigenvalue weighted by Gasteiger charge is -2.36. The first-order chi connectivity index (χ1) is 8.66. The highest BCUT2D eigenvalue weighted by atomic mass is 15.1. The molecule has 0 aliphatic heterocycles. The van der Waals surface area contributed by atoms with Crippen LogP contribution in [0.5, 0.6) is 0 Å². The lowest BCUT2D eigenvalue weighted by molar-refractivity contribution is 0.142. The van der Waals surface area contributed by atoms with Crippen molar-refractivity contribution in [3.63, 3.8) is 0 Å². The van der Waals surface area contributed by atoms with Gasteiger partial charge in [0.1, 0.15) is 0 Å². The molecule has 0 bridgehead atoms. The highest BCUT2D eigenvalue weighted by molar-refractivity contribution is 5.08. The monoisotopic (exact) mass is 246 g/mol. The first-order valence-electron chi connectivity index (χ1n) is 7.26. The minimum Gasteiger partial charge on any atom is -0.299 e. The van der Waals surface area contributed by atoms with E-state index in [0.29, 0.717) is 0 Å². The maximum Gasteiger partial charge on any atom is 0.0312 e. The fourth-order valence-electron chi connectivity index (χ4n) is 3.12. The van der Waals surface area contributed by atoms with Crippen LogP contribution in [0.15, 0.2) is 24.5 Å².